The van der Waals surface area contributed by atoms with Gasteiger partial charge in [-0.2, -0.15) is 0 Å². The summed E-state index contributed by atoms with van der Waals surface area (Å²) < 4.78 is 5.31. The van der Waals surface area contributed by atoms with E-state index in [0.717, 1.165) is 12.8 Å². The van der Waals surface area contributed by atoms with Crippen LogP contribution in [0.1, 0.15) is 47.5 Å². The Morgan fingerprint density at radius 3 is 2.32 bits per heavy atom. The maximum absolute atomic E-state index is 12.1. The van der Waals surface area contributed by atoms with E-state index in [1.54, 1.807) is 20.8 Å². The summed E-state index contributed by atoms with van der Waals surface area (Å²) in [5, 5.41) is 9.43. The third kappa shape index (κ3) is 4.11. The molecule has 1 saturated heterocycles. The van der Waals surface area contributed by atoms with E-state index in [4.69, 9.17) is 4.74 Å². The van der Waals surface area contributed by atoms with Crippen LogP contribution in [0.5, 0.6) is 0 Å². The van der Waals surface area contributed by atoms with Crippen LogP contribution in [0.2, 0.25) is 0 Å². The lowest BCUT2D eigenvalue weighted by Crippen LogP contribution is -2.54. The van der Waals surface area contributed by atoms with Gasteiger partial charge in [0.25, 0.3) is 0 Å². The molecule has 0 aromatic rings. The van der Waals surface area contributed by atoms with Gasteiger partial charge in [0.2, 0.25) is 0 Å². The molecule has 1 aliphatic heterocycles. The van der Waals surface area contributed by atoms with Gasteiger partial charge < -0.3 is 9.84 Å². The highest BCUT2D eigenvalue weighted by Gasteiger charge is 2.42. The predicted molar refractivity (Wildman–Crippen MR) is 71.9 cm³/mol. The summed E-state index contributed by atoms with van der Waals surface area (Å²) >= 11 is 0. The molecule has 19 heavy (non-hydrogen) atoms. The molecule has 1 aliphatic rings. The molecule has 1 N–H and O–H groups in total. The van der Waals surface area contributed by atoms with Gasteiger partial charge in [-0.15, -0.1) is 0 Å². The van der Waals surface area contributed by atoms with Gasteiger partial charge in [-0.05, 0) is 45.4 Å². The fraction of sp³-hybridized carbons (Fsp3) is 0.857. The lowest BCUT2D eigenvalue weighted by molar-refractivity contribution is -0.147. The molecule has 0 radical (unpaired) electrons. The first kappa shape index (κ1) is 15.8. The lowest BCUT2D eigenvalue weighted by atomic mass is 9.81. The van der Waals surface area contributed by atoms with Crippen LogP contribution in [0.4, 0.5) is 4.79 Å². The zero-order valence-electron chi connectivity index (χ0n) is 12.5. The quantitative estimate of drug-likeness (QED) is 0.838. The van der Waals surface area contributed by atoms with Crippen molar-refractivity contribution in [3.8, 4) is 0 Å². The number of piperidine rings is 1. The van der Waals surface area contributed by atoms with E-state index in [2.05, 4.69) is 0 Å². The van der Waals surface area contributed by atoms with E-state index in [9.17, 15) is 14.7 Å². The molecule has 0 spiro atoms. The molecule has 1 rings (SSSR count). The standard InChI is InChI=1S/C14H25NO4/c1-9(2)10-7-6-8-15(11(10)12(16)17)13(18)19-14(3,4)5/h9-11H,6-8H2,1-5H3,(H,16,17)/t10-,11-/m0/s1. The first-order valence-corrected chi connectivity index (χ1v) is 6.86. The topological polar surface area (TPSA) is 66.8 Å². The second-order valence-corrected chi connectivity index (χ2v) is 6.51. The molecule has 2 atom stereocenters. The number of carbonyl (C=O) groups excluding carboxylic acids is 1. The van der Waals surface area contributed by atoms with Crippen LogP contribution < -0.4 is 0 Å². The number of rotatable bonds is 2. The summed E-state index contributed by atoms with van der Waals surface area (Å²) in [6.45, 7) is 9.80. The summed E-state index contributed by atoms with van der Waals surface area (Å²) in [4.78, 5) is 25.0. The van der Waals surface area contributed by atoms with Gasteiger partial charge >= 0.3 is 12.1 Å². The van der Waals surface area contributed by atoms with Crippen LogP contribution in [0.15, 0.2) is 0 Å². The molecule has 0 bridgehead atoms. The van der Waals surface area contributed by atoms with Crippen molar-refractivity contribution >= 4 is 12.1 Å². The highest BCUT2D eigenvalue weighted by Crippen LogP contribution is 2.31. The Bertz CT molecular complexity index is 346. The number of hydrogen-bond acceptors (Lipinski definition) is 3. The minimum Gasteiger partial charge on any atom is -0.480 e. The first-order valence-electron chi connectivity index (χ1n) is 6.86. The highest BCUT2D eigenvalue weighted by molar-refractivity contribution is 5.80. The van der Waals surface area contributed by atoms with Crippen molar-refractivity contribution in [1.29, 1.82) is 0 Å². The Kier molecular flexibility index (Phi) is 4.82. The van der Waals surface area contributed by atoms with Crippen molar-refractivity contribution in [3.05, 3.63) is 0 Å². The fourth-order valence-electron chi connectivity index (χ4n) is 2.57. The second kappa shape index (κ2) is 5.80. The number of likely N-dealkylation sites (tertiary alicyclic amines) is 1. The van der Waals surface area contributed by atoms with Crippen LogP contribution in [-0.4, -0.2) is 40.3 Å². The molecular formula is C14H25NO4. The van der Waals surface area contributed by atoms with Gasteiger partial charge in [-0.3, -0.25) is 4.90 Å². The van der Waals surface area contributed by atoms with Crippen LogP contribution in [0.25, 0.3) is 0 Å². The number of aliphatic carboxylic acids is 1. The van der Waals surface area contributed by atoms with Crippen LogP contribution in [0, 0.1) is 11.8 Å². The number of carbonyl (C=O) groups is 2. The number of nitrogens with zero attached hydrogens (tertiary/aromatic N) is 1. The average molecular weight is 271 g/mol. The van der Waals surface area contributed by atoms with E-state index in [1.807, 2.05) is 13.8 Å². The maximum atomic E-state index is 12.1. The Labute approximate surface area is 114 Å². The summed E-state index contributed by atoms with van der Waals surface area (Å²) in [6.07, 6.45) is 1.14. The van der Waals surface area contributed by atoms with Gasteiger partial charge in [0, 0.05) is 6.54 Å². The van der Waals surface area contributed by atoms with Gasteiger partial charge in [0.15, 0.2) is 0 Å². The molecular weight excluding hydrogens is 246 g/mol. The Morgan fingerprint density at radius 1 is 1.32 bits per heavy atom. The Hall–Kier alpha value is -1.26. The van der Waals surface area contributed by atoms with Crippen LogP contribution in [0.3, 0.4) is 0 Å². The zero-order valence-corrected chi connectivity index (χ0v) is 12.5. The van der Waals surface area contributed by atoms with Gasteiger partial charge in [0.05, 0.1) is 0 Å². The smallest absolute Gasteiger partial charge is 0.411 e. The van der Waals surface area contributed by atoms with E-state index in [-0.39, 0.29) is 11.8 Å². The van der Waals surface area contributed by atoms with Gasteiger partial charge in [-0.1, -0.05) is 13.8 Å². The van der Waals surface area contributed by atoms with Crippen molar-refractivity contribution < 1.29 is 19.4 Å². The normalized spacial score (nSPS) is 24.4. The van der Waals surface area contributed by atoms with Crippen molar-refractivity contribution in [2.24, 2.45) is 11.8 Å². The fourth-order valence-corrected chi connectivity index (χ4v) is 2.57. The Morgan fingerprint density at radius 2 is 1.89 bits per heavy atom. The summed E-state index contributed by atoms with van der Waals surface area (Å²) in [5.41, 5.74) is -0.606. The van der Waals surface area contributed by atoms with Crippen molar-refractivity contribution in [1.82, 2.24) is 4.90 Å². The first-order chi connectivity index (χ1) is 8.63. The predicted octanol–water partition coefficient (Wildman–Crippen LogP) is 2.74. The van der Waals surface area contributed by atoms with Crippen LogP contribution >= 0.6 is 0 Å². The molecule has 1 amide bonds. The van der Waals surface area contributed by atoms with E-state index < -0.39 is 23.7 Å². The molecule has 0 aromatic carbocycles. The Balaban J connectivity index is 2.90. The number of amides is 1. The van der Waals surface area contributed by atoms with Crippen molar-refractivity contribution in [2.75, 3.05) is 6.54 Å². The second-order valence-electron chi connectivity index (χ2n) is 6.51. The zero-order chi connectivity index (χ0) is 14.8. The van der Waals surface area contributed by atoms with E-state index in [0.29, 0.717) is 6.54 Å². The van der Waals surface area contributed by atoms with E-state index in [1.165, 1.54) is 4.90 Å². The monoisotopic (exact) mass is 271 g/mol. The number of hydrogen-bond donors (Lipinski definition) is 1. The summed E-state index contributed by atoms with van der Waals surface area (Å²) in [6, 6.07) is -0.774. The summed E-state index contributed by atoms with van der Waals surface area (Å²) in [5.74, 6) is -0.727. The third-order valence-electron chi connectivity index (χ3n) is 3.42. The maximum Gasteiger partial charge on any atom is 0.411 e. The van der Waals surface area contributed by atoms with Crippen LogP contribution in [-0.2, 0) is 9.53 Å². The minimum absolute atomic E-state index is 0.0150. The average Bonchev–Trinajstić information content (AvgIpc) is 2.25. The molecule has 0 aliphatic carbocycles. The molecule has 110 valence electrons. The lowest BCUT2D eigenvalue weighted by Gasteiger charge is -2.40. The van der Waals surface area contributed by atoms with Crippen molar-refractivity contribution in [3.63, 3.8) is 0 Å². The van der Waals surface area contributed by atoms with E-state index >= 15 is 0 Å². The number of carboxylic acid groups (broad SMARTS) is 1. The molecule has 5 heteroatoms. The molecule has 0 aromatic heterocycles. The summed E-state index contributed by atoms with van der Waals surface area (Å²) in [7, 11) is 0. The minimum atomic E-state index is -0.941. The largest absolute Gasteiger partial charge is 0.480 e. The van der Waals surface area contributed by atoms with Crippen molar-refractivity contribution in [2.45, 2.75) is 59.1 Å². The molecule has 1 fully saturated rings. The molecule has 5 nitrogen and oxygen atoms in total. The number of carboxylic acids is 1. The highest BCUT2D eigenvalue weighted by atomic mass is 16.6. The number of ether oxygens (including phenoxy) is 1. The molecule has 0 unspecified atom stereocenters. The van der Waals surface area contributed by atoms with Gasteiger partial charge in [-0.25, -0.2) is 9.59 Å². The third-order valence-corrected chi connectivity index (χ3v) is 3.42. The molecule has 1 heterocycles. The van der Waals surface area contributed by atoms with Gasteiger partial charge in [0.1, 0.15) is 11.6 Å². The SMILES string of the molecule is CC(C)[C@@H]1CCCN(C(=O)OC(C)(C)C)[C@@H]1C(=O)O. The molecule has 0 saturated carbocycles.